The fourth-order valence-corrected chi connectivity index (χ4v) is 3.67. The minimum absolute atomic E-state index is 0. The number of rotatable bonds is 4. The van der Waals surface area contributed by atoms with E-state index in [0.29, 0.717) is 0 Å². The Hall–Kier alpha value is -0.811. The first-order chi connectivity index (χ1) is 14.7. The van der Waals surface area contributed by atoms with Crippen LogP contribution in [0.25, 0.3) is 23.2 Å². The van der Waals surface area contributed by atoms with Crippen LogP contribution in [0.4, 0.5) is 0 Å². The molecule has 1 aromatic heterocycles. The SMILES string of the molecule is C[n+]1c(/C=C/c2ccc(Cl)cc2)n(C[C]2[CH][CH][CH][CH]2)c2ccccc21.[CH]1[CH][CH][CH][CH]1.[Fe+2].[I-]. The van der Waals surface area contributed by atoms with Crippen LogP contribution in [-0.4, -0.2) is 4.57 Å². The molecule has 0 N–H and O–H groups in total. The standard InChI is InChI=1S/C22H19ClN2.C5H5.Fe.HI/c1-24-20-8-4-5-9-21(20)25(16-18-6-2-3-7-18)22(24)15-12-17-10-13-19(23)14-11-17;1-2-4-5-3-1;;/h2-15H,16H2,1H3;1-5H;;1H/q+1;;+2;/p-1/b15-12+;;;. The van der Waals surface area contributed by atoms with Crippen LogP contribution in [-0.2, 0) is 30.7 Å². The molecule has 10 radical (unpaired) electrons. The Kier molecular flexibility index (Phi) is 11.8. The molecular weight excluding hydrogens is 571 g/mol. The van der Waals surface area contributed by atoms with Gasteiger partial charge in [-0.2, -0.15) is 0 Å². The molecule has 0 atom stereocenters. The zero-order valence-electron chi connectivity index (χ0n) is 17.7. The summed E-state index contributed by atoms with van der Waals surface area (Å²) in [6.07, 6.45) is 22.8. The van der Waals surface area contributed by atoms with Crippen molar-refractivity contribution in [2.75, 3.05) is 0 Å². The molecular formula is C27H24ClFeIN2+2. The van der Waals surface area contributed by atoms with Gasteiger partial charge >= 0.3 is 17.1 Å². The molecule has 2 aliphatic rings. The number of hydrogen-bond donors (Lipinski definition) is 0. The smallest absolute Gasteiger partial charge is 1.00 e. The minimum Gasteiger partial charge on any atom is -1.00 e. The maximum Gasteiger partial charge on any atom is 2.00 e. The number of aryl methyl sites for hydroxylation is 1. The second-order valence-corrected chi connectivity index (χ2v) is 7.57. The van der Waals surface area contributed by atoms with Gasteiger partial charge in [0.15, 0.2) is 11.0 Å². The number of para-hydroxylation sites is 2. The summed E-state index contributed by atoms with van der Waals surface area (Å²) in [4.78, 5) is 0. The number of nitrogens with zero attached hydrogens (tertiary/aromatic N) is 2. The summed E-state index contributed by atoms with van der Waals surface area (Å²) < 4.78 is 4.60. The van der Waals surface area contributed by atoms with Gasteiger partial charge in [-0.05, 0) is 93.7 Å². The van der Waals surface area contributed by atoms with Gasteiger partial charge in [-0.15, -0.1) is 0 Å². The topological polar surface area (TPSA) is 8.81 Å². The number of fused-ring (bicyclic) bond motifs is 1. The van der Waals surface area contributed by atoms with E-state index in [0.717, 1.165) is 23.0 Å². The van der Waals surface area contributed by atoms with Gasteiger partial charge in [0.2, 0.25) is 0 Å². The van der Waals surface area contributed by atoms with Gasteiger partial charge in [-0.25, -0.2) is 9.13 Å². The third kappa shape index (κ3) is 7.09. The second-order valence-electron chi connectivity index (χ2n) is 7.13. The molecule has 162 valence electrons. The summed E-state index contributed by atoms with van der Waals surface area (Å²) >= 11 is 5.98. The first-order valence-corrected chi connectivity index (χ1v) is 10.4. The Balaban J connectivity index is 0.000000460. The van der Waals surface area contributed by atoms with Crippen molar-refractivity contribution in [3.63, 3.8) is 0 Å². The summed E-state index contributed by atoms with van der Waals surface area (Å²) in [5.41, 5.74) is 3.60. The average molecular weight is 595 g/mol. The van der Waals surface area contributed by atoms with Gasteiger partial charge in [0.05, 0.1) is 13.6 Å². The van der Waals surface area contributed by atoms with E-state index in [1.807, 2.05) is 56.4 Å². The zero-order chi connectivity index (χ0) is 20.8. The number of benzene rings is 2. The van der Waals surface area contributed by atoms with Crippen molar-refractivity contribution >= 4 is 34.8 Å². The number of aromatic nitrogens is 2. The van der Waals surface area contributed by atoms with Gasteiger partial charge in [-0.1, -0.05) is 35.9 Å². The number of hydrogen-bond acceptors (Lipinski definition) is 0. The first-order valence-electron chi connectivity index (χ1n) is 10.0. The molecule has 2 aliphatic carbocycles. The molecule has 2 aromatic carbocycles. The number of halogens is 2. The van der Waals surface area contributed by atoms with Gasteiger partial charge in [0.25, 0.3) is 5.82 Å². The second kappa shape index (κ2) is 13.8. The van der Waals surface area contributed by atoms with Crippen molar-refractivity contribution in [2.24, 2.45) is 7.05 Å². The van der Waals surface area contributed by atoms with E-state index < -0.39 is 0 Å². The van der Waals surface area contributed by atoms with E-state index in [-0.39, 0.29) is 41.0 Å². The van der Waals surface area contributed by atoms with Crippen LogP contribution in [0.15, 0.2) is 48.5 Å². The predicted octanol–water partition coefficient (Wildman–Crippen LogP) is 2.72. The molecule has 5 heteroatoms. The molecule has 0 saturated heterocycles. The zero-order valence-corrected chi connectivity index (χ0v) is 21.7. The van der Waals surface area contributed by atoms with Crippen LogP contribution in [0.5, 0.6) is 0 Å². The molecule has 0 aliphatic heterocycles. The van der Waals surface area contributed by atoms with E-state index in [2.05, 4.69) is 78.3 Å². The van der Waals surface area contributed by atoms with Crippen LogP contribution in [0, 0.1) is 63.7 Å². The Morgan fingerprint density at radius 3 is 2.03 bits per heavy atom. The van der Waals surface area contributed by atoms with E-state index in [1.54, 1.807) is 0 Å². The molecule has 2 fully saturated rings. The Morgan fingerprint density at radius 2 is 1.41 bits per heavy atom. The normalized spacial score (nSPS) is 15.9. The van der Waals surface area contributed by atoms with Crippen LogP contribution in [0.1, 0.15) is 11.4 Å². The van der Waals surface area contributed by atoms with Crippen LogP contribution >= 0.6 is 11.6 Å². The van der Waals surface area contributed by atoms with Crippen LogP contribution in [0.2, 0.25) is 5.02 Å². The molecule has 0 unspecified atom stereocenters. The molecule has 0 spiro atoms. The molecule has 2 saturated carbocycles. The third-order valence-electron chi connectivity index (χ3n) is 5.08. The monoisotopic (exact) mass is 594 g/mol. The first kappa shape index (κ1) is 27.4. The summed E-state index contributed by atoms with van der Waals surface area (Å²) in [6.45, 7) is 0.856. The molecule has 1 heterocycles. The summed E-state index contributed by atoms with van der Waals surface area (Å²) in [5.74, 6) is 2.47. The van der Waals surface area contributed by atoms with Crippen molar-refractivity contribution < 1.29 is 45.6 Å². The van der Waals surface area contributed by atoms with Gasteiger partial charge in [0.1, 0.15) is 0 Å². The average Bonchev–Trinajstić information content (AvgIpc) is 3.54. The predicted molar refractivity (Wildman–Crippen MR) is 125 cm³/mol. The van der Waals surface area contributed by atoms with E-state index in [9.17, 15) is 0 Å². The Bertz CT molecular complexity index is 979. The van der Waals surface area contributed by atoms with Gasteiger partial charge < -0.3 is 24.0 Å². The maximum atomic E-state index is 5.98. The van der Waals surface area contributed by atoms with E-state index in [4.69, 9.17) is 11.6 Å². The van der Waals surface area contributed by atoms with Crippen molar-refractivity contribution in [3.8, 4) is 0 Å². The van der Waals surface area contributed by atoms with E-state index in [1.165, 1.54) is 17.0 Å². The summed E-state index contributed by atoms with van der Waals surface area (Å²) in [6, 6.07) is 16.4. The van der Waals surface area contributed by atoms with Crippen molar-refractivity contribution in [1.82, 2.24) is 4.57 Å². The third-order valence-corrected chi connectivity index (χ3v) is 5.33. The number of imidazole rings is 1. The minimum atomic E-state index is 0. The largest absolute Gasteiger partial charge is 2.00 e. The quantitative estimate of drug-likeness (QED) is 0.250. The molecule has 5 rings (SSSR count). The summed E-state index contributed by atoms with van der Waals surface area (Å²) in [7, 11) is 2.12. The Labute approximate surface area is 225 Å². The Morgan fingerprint density at radius 1 is 0.812 bits per heavy atom. The molecule has 32 heavy (non-hydrogen) atoms. The van der Waals surface area contributed by atoms with Crippen LogP contribution in [0.3, 0.4) is 0 Å². The molecule has 2 nitrogen and oxygen atoms in total. The molecule has 3 aromatic rings. The van der Waals surface area contributed by atoms with E-state index >= 15 is 0 Å². The van der Waals surface area contributed by atoms with Crippen molar-refractivity contribution in [1.29, 1.82) is 0 Å². The maximum absolute atomic E-state index is 5.98. The van der Waals surface area contributed by atoms with Crippen molar-refractivity contribution in [2.45, 2.75) is 6.54 Å². The van der Waals surface area contributed by atoms with Gasteiger partial charge in [0, 0.05) is 17.0 Å². The van der Waals surface area contributed by atoms with Crippen LogP contribution < -0.4 is 28.5 Å². The summed E-state index contributed by atoms with van der Waals surface area (Å²) in [5, 5.41) is 0.757. The van der Waals surface area contributed by atoms with Crippen molar-refractivity contribution in [3.05, 3.63) is 129 Å². The fourth-order valence-electron chi connectivity index (χ4n) is 3.54. The molecule has 0 bridgehead atoms. The molecule has 0 amide bonds. The van der Waals surface area contributed by atoms with Gasteiger partial charge in [-0.3, -0.25) is 0 Å². The fraction of sp³-hybridized carbons (Fsp3) is 0.0741.